The van der Waals surface area contributed by atoms with Crippen LogP contribution in [-0.2, 0) is 6.54 Å². The molecular formula is C29H35N3O. The highest BCUT2D eigenvalue weighted by Gasteiger charge is 2.37. The molecule has 0 fully saturated rings. The predicted molar refractivity (Wildman–Crippen MR) is 140 cm³/mol. The number of hydrogen-bond donors (Lipinski definition) is 1. The summed E-state index contributed by atoms with van der Waals surface area (Å²) in [4.78, 5) is 17.5. The minimum Gasteiger partial charge on any atom is -0.357 e. The van der Waals surface area contributed by atoms with Crippen LogP contribution in [0.2, 0.25) is 0 Å². The fraction of sp³-hybridized carbons (Fsp3) is 0.276. The van der Waals surface area contributed by atoms with Gasteiger partial charge in [-0.1, -0.05) is 66.8 Å². The van der Waals surface area contributed by atoms with E-state index in [4.69, 9.17) is 0 Å². The molecule has 1 atom stereocenters. The molecule has 0 spiro atoms. The lowest BCUT2D eigenvalue weighted by atomic mass is 10.0. The highest BCUT2D eigenvalue weighted by atomic mass is 16.2. The molecule has 0 aliphatic carbocycles. The number of carbonyl (C=O) groups is 1. The summed E-state index contributed by atoms with van der Waals surface area (Å²) in [5.74, 6) is 0.754. The molecule has 1 amide bonds. The molecule has 0 saturated heterocycles. The van der Waals surface area contributed by atoms with Gasteiger partial charge in [-0.15, -0.1) is 6.58 Å². The Kier molecular flexibility index (Phi) is 7.27. The molecule has 1 N–H and O–H groups in total. The number of amides is 1. The van der Waals surface area contributed by atoms with Gasteiger partial charge in [-0.3, -0.25) is 4.79 Å². The summed E-state index contributed by atoms with van der Waals surface area (Å²) in [6.45, 7) is 23.2. The zero-order chi connectivity index (χ0) is 24.3. The molecule has 4 nitrogen and oxygen atoms in total. The van der Waals surface area contributed by atoms with E-state index >= 15 is 0 Å². The number of nitrogens with zero attached hydrogens (tertiary/aromatic N) is 2. The first-order valence-electron chi connectivity index (χ1n) is 11.3. The maximum Gasteiger partial charge on any atom is 0.259 e. The summed E-state index contributed by atoms with van der Waals surface area (Å²) in [6.07, 6.45) is 1.63. The minimum absolute atomic E-state index is 0.00850. The summed E-state index contributed by atoms with van der Waals surface area (Å²) in [5.41, 5.74) is 7.54. The average molecular weight is 442 g/mol. The number of fused-ring (bicyclic) bond motifs is 1. The van der Waals surface area contributed by atoms with Gasteiger partial charge in [0.25, 0.3) is 5.91 Å². The first-order valence-corrected chi connectivity index (χ1v) is 11.3. The van der Waals surface area contributed by atoms with Crippen molar-refractivity contribution >= 4 is 17.3 Å². The SMILES string of the molecule is C=C(C)CCC(C(=C)C)N1C(=C)c2cccc(CN(C)C(=C)Nc3ccc(C)cc3)c2C1=O. The van der Waals surface area contributed by atoms with Crippen molar-refractivity contribution < 1.29 is 4.79 Å². The molecule has 0 bridgehead atoms. The molecule has 3 rings (SSSR count). The molecule has 2 aromatic carbocycles. The second-order valence-electron chi connectivity index (χ2n) is 9.11. The van der Waals surface area contributed by atoms with Crippen molar-refractivity contribution in [1.29, 1.82) is 0 Å². The molecular weight excluding hydrogens is 406 g/mol. The number of rotatable bonds is 10. The smallest absolute Gasteiger partial charge is 0.259 e. The second-order valence-corrected chi connectivity index (χ2v) is 9.11. The van der Waals surface area contributed by atoms with Gasteiger partial charge in [0.1, 0.15) is 0 Å². The van der Waals surface area contributed by atoms with E-state index in [0.29, 0.717) is 6.54 Å². The fourth-order valence-corrected chi connectivity index (χ4v) is 4.16. The summed E-state index contributed by atoms with van der Waals surface area (Å²) >= 11 is 0. The first-order chi connectivity index (χ1) is 15.6. The van der Waals surface area contributed by atoms with Crippen molar-refractivity contribution in [3.05, 3.63) is 108 Å². The monoisotopic (exact) mass is 441 g/mol. The Labute approximate surface area is 198 Å². The van der Waals surface area contributed by atoms with E-state index in [-0.39, 0.29) is 11.9 Å². The normalized spacial score (nSPS) is 13.5. The summed E-state index contributed by atoms with van der Waals surface area (Å²) < 4.78 is 0. The van der Waals surface area contributed by atoms with Crippen LogP contribution in [0.3, 0.4) is 0 Å². The standard InChI is InChI=1S/C29H35N3O/c1-19(2)12-17-27(20(3)4)32-22(6)26-11-9-10-24(28(26)29(32)33)18-31(8)23(7)30-25-15-13-21(5)14-16-25/h9-11,13-16,27,30H,1,3,6-7,12,17-18H2,2,4-5,8H3. The van der Waals surface area contributed by atoms with Gasteiger partial charge in [-0.05, 0) is 51.3 Å². The first kappa shape index (κ1) is 24.1. The molecule has 172 valence electrons. The third kappa shape index (κ3) is 5.28. The Morgan fingerprint density at radius 1 is 1.09 bits per heavy atom. The van der Waals surface area contributed by atoms with E-state index in [1.54, 1.807) is 0 Å². The molecule has 1 heterocycles. The maximum atomic E-state index is 13.6. The van der Waals surface area contributed by atoms with Gasteiger partial charge < -0.3 is 15.1 Å². The number of carbonyl (C=O) groups excluding carboxylic acids is 1. The van der Waals surface area contributed by atoms with Crippen molar-refractivity contribution in [2.45, 2.75) is 46.2 Å². The third-order valence-electron chi connectivity index (χ3n) is 6.12. The van der Waals surface area contributed by atoms with Gasteiger partial charge in [0.2, 0.25) is 0 Å². The van der Waals surface area contributed by atoms with Crippen LogP contribution >= 0.6 is 0 Å². The van der Waals surface area contributed by atoms with E-state index in [0.717, 1.165) is 57.9 Å². The van der Waals surface area contributed by atoms with Crippen LogP contribution in [-0.4, -0.2) is 28.8 Å². The Morgan fingerprint density at radius 3 is 2.36 bits per heavy atom. The van der Waals surface area contributed by atoms with Gasteiger partial charge in [0.05, 0.1) is 17.4 Å². The van der Waals surface area contributed by atoms with E-state index in [2.05, 4.69) is 50.7 Å². The van der Waals surface area contributed by atoms with Gasteiger partial charge in [0.15, 0.2) is 0 Å². The molecule has 1 unspecified atom stereocenters. The molecule has 0 radical (unpaired) electrons. The largest absolute Gasteiger partial charge is 0.357 e. The Hall–Kier alpha value is -3.53. The summed E-state index contributed by atoms with van der Waals surface area (Å²) in [5, 5.41) is 3.34. The Morgan fingerprint density at radius 2 is 1.76 bits per heavy atom. The Balaban J connectivity index is 1.82. The van der Waals surface area contributed by atoms with Gasteiger partial charge in [0, 0.05) is 30.5 Å². The zero-order valence-corrected chi connectivity index (χ0v) is 20.4. The topological polar surface area (TPSA) is 35.6 Å². The summed E-state index contributed by atoms with van der Waals surface area (Å²) in [6, 6.07) is 14.1. The number of anilines is 1. The van der Waals surface area contributed by atoms with Crippen molar-refractivity contribution in [3.8, 4) is 0 Å². The molecule has 1 aliphatic heterocycles. The predicted octanol–water partition coefficient (Wildman–Crippen LogP) is 6.74. The quantitative estimate of drug-likeness (QED) is 0.415. The molecule has 0 saturated carbocycles. The van der Waals surface area contributed by atoms with Crippen molar-refractivity contribution in [2.24, 2.45) is 0 Å². The van der Waals surface area contributed by atoms with E-state index < -0.39 is 0 Å². The molecule has 4 heteroatoms. The van der Waals surface area contributed by atoms with Gasteiger partial charge >= 0.3 is 0 Å². The van der Waals surface area contributed by atoms with Crippen LogP contribution in [0, 0.1) is 6.92 Å². The van der Waals surface area contributed by atoms with E-state index in [1.807, 2.05) is 61.0 Å². The lowest BCUT2D eigenvalue weighted by Gasteiger charge is -2.29. The molecule has 0 aromatic heterocycles. The molecule has 1 aliphatic rings. The van der Waals surface area contributed by atoms with Crippen LogP contribution in [0.25, 0.3) is 5.70 Å². The summed E-state index contributed by atoms with van der Waals surface area (Å²) in [7, 11) is 1.97. The van der Waals surface area contributed by atoms with Crippen molar-refractivity contribution in [2.75, 3.05) is 12.4 Å². The van der Waals surface area contributed by atoms with Gasteiger partial charge in [-0.2, -0.15) is 0 Å². The number of aryl methyl sites for hydroxylation is 1. The van der Waals surface area contributed by atoms with Crippen molar-refractivity contribution in [1.82, 2.24) is 9.80 Å². The number of nitrogens with one attached hydrogen (secondary N) is 1. The van der Waals surface area contributed by atoms with Crippen LogP contribution in [0.4, 0.5) is 5.69 Å². The lowest BCUT2D eigenvalue weighted by Crippen LogP contribution is -2.35. The third-order valence-corrected chi connectivity index (χ3v) is 6.12. The van der Waals surface area contributed by atoms with Crippen LogP contribution in [0.5, 0.6) is 0 Å². The van der Waals surface area contributed by atoms with E-state index in [1.165, 1.54) is 5.56 Å². The highest BCUT2D eigenvalue weighted by molar-refractivity contribution is 6.10. The van der Waals surface area contributed by atoms with Gasteiger partial charge in [-0.25, -0.2) is 0 Å². The number of allylic oxidation sites excluding steroid dienone is 1. The Bertz CT molecular complexity index is 1110. The second kappa shape index (κ2) is 9.95. The van der Waals surface area contributed by atoms with Crippen LogP contribution in [0.15, 0.2) is 85.7 Å². The maximum absolute atomic E-state index is 13.6. The highest BCUT2D eigenvalue weighted by Crippen LogP contribution is 2.38. The minimum atomic E-state index is -0.0992. The number of benzene rings is 2. The number of hydrogen-bond acceptors (Lipinski definition) is 3. The van der Waals surface area contributed by atoms with Crippen LogP contribution < -0.4 is 5.32 Å². The van der Waals surface area contributed by atoms with Crippen LogP contribution in [0.1, 0.15) is 53.7 Å². The molecule has 2 aromatic rings. The lowest BCUT2D eigenvalue weighted by molar-refractivity contribution is 0.0814. The average Bonchev–Trinajstić information content (AvgIpc) is 3.01. The fourth-order valence-electron chi connectivity index (χ4n) is 4.16. The molecule has 33 heavy (non-hydrogen) atoms. The van der Waals surface area contributed by atoms with Crippen molar-refractivity contribution in [3.63, 3.8) is 0 Å². The van der Waals surface area contributed by atoms with E-state index in [9.17, 15) is 4.79 Å². The zero-order valence-electron chi connectivity index (χ0n) is 20.4.